The van der Waals surface area contributed by atoms with Gasteiger partial charge < -0.3 is 10.1 Å². The van der Waals surface area contributed by atoms with Gasteiger partial charge >= 0.3 is 0 Å². The van der Waals surface area contributed by atoms with E-state index in [2.05, 4.69) is 55.2 Å². The van der Waals surface area contributed by atoms with Crippen molar-refractivity contribution in [2.45, 2.75) is 19.9 Å². The summed E-state index contributed by atoms with van der Waals surface area (Å²) in [5.41, 5.74) is 3.79. The van der Waals surface area contributed by atoms with E-state index in [0.29, 0.717) is 6.61 Å². The van der Waals surface area contributed by atoms with Gasteiger partial charge in [0.15, 0.2) is 0 Å². The number of anilines is 1. The fraction of sp³-hybridized carbons (Fsp3) is 0.222. The van der Waals surface area contributed by atoms with E-state index >= 15 is 0 Å². The van der Waals surface area contributed by atoms with Gasteiger partial charge in [-0.3, -0.25) is 0 Å². The van der Waals surface area contributed by atoms with E-state index in [4.69, 9.17) is 4.74 Å². The largest absolute Gasteiger partial charge is 0.490 e. The molecular formula is C18H21NO. The van der Waals surface area contributed by atoms with Crippen molar-refractivity contribution in [2.24, 2.45) is 0 Å². The predicted molar refractivity (Wildman–Crippen MR) is 85.3 cm³/mol. The molecule has 0 aliphatic carbocycles. The van der Waals surface area contributed by atoms with Crippen LogP contribution in [-0.4, -0.2) is 6.61 Å². The lowest BCUT2D eigenvalue weighted by Gasteiger charge is -2.11. The molecule has 0 bridgehead atoms. The molecule has 0 fully saturated rings. The first-order valence-corrected chi connectivity index (χ1v) is 6.98. The number of rotatable bonds is 7. The average Bonchev–Trinajstić information content (AvgIpc) is 2.52. The summed E-state index contributed by atoms with van der Waals surface area (Å²) in [6.45, 7) is 7.17. The Bertz CT molecular complexity index is 546. The molecule has 0 atom stereocenters. The quantitative estimate of drug-likeness (QED) is 0.749. The lowest BCUT2D eigenvalue weighted by Crippen LogP contribution is -2.02. The van der Waals surface area contributed by atoms with E-state index in [1.54, 1.807) is 6.08 Å². The molecule has 0 saturated carbocycles. The van der Waals surface area contributed by atoms with Crippen molar-refractivity contribution < 1.29 is 4.74 Å². The Labute approximate surface area is 121 Å². The van der Waals surface area contributed by atoms with Gasteiger partial charge in [0, 0.05) is 12.2 Å². The van der Waals surface area contributed by atoms with Crippen LogP contribution in [0.3, 0.4) is 0 Å². The zero-order valence-electron chi connectivity index (χ0n) is 11.9. The van der Waals surface area contributed by atoms with Crippen LogP contribution >= 0.6 is 0 Å². The van der Waals surface area contributed by atoms with Crippen molar-refractivity contribution in [2.75, 3.05) is 11.9 Å². The highest BCUT2D eigenvalue weighted by molar-refractivity contribution is 5.51. The molecule has 2 rings (SSSR count). The summed E-state index contributed by atoms with van der Waals surface area (Å²) in [5.74, 6) is 0.877. The number of ether oxygens (including phenoxy) is 1. The second-order valence-corrected chi connectivity index (χ2v) is 4.61. The molecule has 0 amide bonds. The van der Waals surface area contributed by atoms with Crippen molar-refractivity contribution >= 4 is 5.69 Å². The van der Waals surface area contributed by atoms with Gasteiger partial charge in [-0.05, 0) is 35.7 Å². The minimum Gasteiger partial charge on any atom is -0.490 e. The average molecular weight is 267 g/mol. The molecule has 104 valence electrons. The molecule has 0 aromatic heterocycles. The van der Waals surface area contributed by atoms with Crippen LogP contribution in [0, 0.1) is 0 Å². The van der Waals surface area contributed by atoms with E-state index in [-0.39, 0.29) is 0 Å². The molecule has 0 aliphatic heterocycles. The summed E-state index contributed by atoms with van der Waals surface area (Å²) in [4.78, 5) is 0. The number of para-hydroxylation sites is 1. The molecule has 2 aromatic rings. The SMILES string of the molecule is C=CCOc1ccc(CNc2ccccc2CC)cc1. The van der Waals surface area contributed by atoms with Crippen molar-refractivity contribution in [3.63, 3.8) is 0 Å². The van der Waals surface area contributed by atoms with Gasteiger partial charge in [0.25, 0.3) is 0 Å². The Morgan fingerprint density at radius 2 is 1.85 bits per heavy atom. The molecule has 2 aromatic carbocycles. The zero-order chi connectivity index (χ0) is 14.2. The maximum Gasteiger partial charge on any atom is 0.119 e. The normalized spacial score (nSPS) is 10.1. The summed E-state index contributed by atoms with van der Waals surface area (Å²) in [6, 6.07) is 16.6. The van der Waals surface area contributed by atoms with Gasteiger partial charge in [-0.2, -0.15) is 0 Å². The molecule has 20 heavy (non-hydrogen) atoms. The maximum atomic E-state index is 5.47. The first-order chi connectivity index (χ1) is 9.83. The second-order valence-electron chi connectivity index (χ2n) is 4.61. The Balaban J connectivity index is 1.95. The van der Waals surface area contributed by atoms with Crippen LogP contribution in [0.2, 0.25) is 0 Å². The minimum atomic E-state index is 0.543. The maximum absolute atomic E-state index is 5.47. The zero-order valence-corrected chi connectivity index (χ0v) is 11.9. The summed E-state index contributed by atoms with van der Waals surface area (Å²) >= 11 is 0. The first kappa shape index (κ1) is 14.2. The molecule has 0 unspecified atom stereocenters. The number of aryl methyl sites for hydroxylation is 1. The van der Waals surface area contributed by atoms with Gasteiger partial charge in [-0.25, -0.2) is 0 Å². The summed E-state index contributed by atoms with van der Waals surface area (Å²) in [7, 11) is 0. The van der Waals surface area contributed by atoms with Crippen LogP contribution in [0.4, 0.5) is 5.69 Å². The van der Waals surface area contributed by atoms with Crippen molar-refractivity contribution in [1.82, 2.24) is 0 Å². The smallest absolute Gasteiger partial charge is 0.119 e. The molecular weight excluding hydrogens is 246 g/mol. The van der Waals surface area contributed by atoms with Gasteiger partial charge in [-0.1, -0.05) is 49.9 Å². The van der Waals surface area contributed by atoms with E-state index in [1.807, 2.05) is 12.1 Å². The number of nitrogens with one attached hydrogen (secondary N) is 1. The number of benzene rings is 2. The Kier molecular flexibility index (Phi) is 5.24. The summed E-state index contributed by atoms with van der Waals surface area (Å²) < 4.78 is 5.47. The first-order valence-electron chi connectivity index (χ1n) is 6.98. The van der Waals surface area contributed by atoms with Crippen LogP contribution in [-0.2, 0) is 13.0 Å². The van der Waals surface area contributed by atoms with Crippen molar-refractivity contribution in [1.29, 1.82) is 0 Å². The van der Waals surface area contributed by atoms with E-state index in [0.717, 1.165) is 18.7 Å². The standard InChI is InChI=1S/C18H21NO/c1-3-13-20-17-11-9-15(10-12-17)14-19-18-8-6-5-7-16(18)4-2/h3,5-12,19H,1,4,13-14H2,2H3. The Morgan fingerprint density at radius 3 is 2.55 bits per heavy atom. The topological polar surface area (TPSA) is 21.3 Å². The van der Waals surface area contributed by atoms with Gasteiger partial charge in [-0.15, -0.1) is 0 Å². The van der Waals surface area contributed by atoms with E-state index < -0.39 is 0 Å². The third-order valence-corrected chi connectivity index (χ3v) is 3.17. The van der Waals surface area contributed by atoms with Crippen molar-refractivity contribution in [3.05, 3.63) is 72.3 Å². The highest BCUT2D eigenvalue weighted by Gasteiger charge is 2.00. The Morgan fingerprint density at radius 1 is 1.10 bits per heavy atom. The fourth-order valence-corrected chi connectivity index (χ4v) is 2.06. The molecule has 0 radical (unpaired) electrons. The third kappa shape index (κ3) is 3.89. The molecule has 0 aliphatic rings. The van der Waals surface area contributed by atoms with Crippen LogP contribution in [0.25, 0.3) is 0 Å². The monoisotopic (exact) mass is 267 g/mol. The molecule has 0 spiro atoms. The third-order valence-electron chi connectivity index (χ3n) is 3.17. The van der Waals surface area contributed by atoms with Gasteiger partial charge in [0.05, 0.1) is 0 Å². The molecule has 0 heterocycles. The number of hydrogen-bond donors (Lipinski definition) is 1. The predicted octanol–water partition coefficient (Wildman–Crippen LogP) is 4.43. The summed E-state index contributed by atoms with van der Waals surface area (Å²) in [5, 5.41) is 3.49. The van der Waals surface area contributed by atoms with Crippen molar-refractivity contribution in [3.8, 4) is 5.75 Å². The molecule has 2 nitrogen and oxygen atoms in total. The minimum absolute atomic E-state index is 0.543. The lowest BCUT2D eigenvalue weighted by molar-refractivity contribution is 0.363. The van der Waals surface area contributed by atoms with Crippen LogP contribution in [0.5, 0.6) is 5.75 Å². The number of hydrogen-bond acceptors (Lipinski definition) is 2. The highest BCUT2D eigenvalue weighted by Crippen LogP contribution is 2.18. The van der Waals surface area contributed by atoms with E-state index in [1.165, 1.54) is 16.8 Å². The van der Waals surface area contributed by atoms with Crippen LogP contribution < -0.4 is 10.1 Å². The van der Waals surface area contributed by atoms with E-state index in [9.17, 15) is 0 Å². The highest BCUT2D eigenvalue weighted by atomic mass is 16.5. The van der Waals surface area contributed by atoms with Gasteiger partial charge in [0.2, 0.25) is 0 Å². The summed E-state index contributed by atoms with van der Waals surface area (Å²) in [6.07, 6.45) is 2.79. The molecule has 0 saturated heterocycles. The Hall–Kier alpha value is -2.22. The van der Waals surface area contributed by atoms with Crippen LogP contribution in [0.1, 0.15) is 18.1 Å². The molecule has 1 N–H and O–H groups in total. The lowest BCUT2D eigenvalue weighted by atomic mass is 10.1. The van der Waals surface area contributed by atoms with Gasteiger partial charge in [0.1, 0.15) is 12.4 Å². The second kappa shape index (κ2) is 7.39. The van der Waals surface area contributed by atoms with Crippen LogP contribution in [0.15, 0.2) is 61.2 Å². The fourth-order valence-electron chi connectivity index (χ4n) is 2.06. The molecule has 2 heteroatoms.